The van der Waals surface area contributed by atoms with Crippen molar-refractivity contribution in [2.75, 3.05) is 5.32 Å². The first-order valence-corrected chi connectivity index (χ1v) is 9.09. The molecule has 3 aromatic rings. The third kappa shape index (κ3) is 3.69. The van der Waals surface area contributed by atoms with E-state index in [0.29, 0.717) is 34.6 Å². The van der Waals surface area contributed by atoms with Gasteiger partial charge >= 0.3 is 0 Å². The zero-order valence-electron chi connectivity index (χ0n) is 16.4. The summed E-state index contributed by atoms with van der Waals surface area (Å²) >= 11 is 0. The minimum Gasteiger partial charge on any atom is -0.311 e. The fraction of sp³-hybridized carbons (Fsp3) is 0.286. The molecule has 3 aromatic heterocycles. The molecular weight excluding hydrogens is 356 g/mol. The van der Waals surface area contributed by atoms with Crippen molar-refractivity contribution in [3.05, 3.63) is 52.2 Å². The van der Waals surface area contributed by atoms with E-state index < -0.39 is 0 Å². The van der Waals surface area contributed by atoms with E-state index >= 15 is 0 Å². The Kier molecular flexibility index (Phi) is 5.35. The Morgan fingerprint density at radius 2 is 1.86 bits per heavy atom. The van der Waals surface area contributed by atoms with Crippen LogP contribution in [-0.2, 0) is 11.8 Å². The summed E-state index contributed by atoms with van der Waals surface area (Å²) in [5.41, 5.74) is 2.87. The molecule has 0 aliphatic rings. The molecule has 1 amide bonds. The molecule has 7 nitrogen and oxygen atoms in total. The van der Waals surface area contributed by atoms with Crippen LogP contribution >= 0.6 is 0 Å². The Labute approximate surface area is 162 Å². The maximum atomic E-state index is 13.0. The highest BCUT2D eigenvalue weighted by Gasteiger charge is 2.15. The highest BCUT2D eigenvalue weighted by Crippen LogP contribution is 2.24. The second-order valence-corrected chi connectivity index (χ2v) is 6.79. The fourth-order valence-corrected chi connectivity index (χ4v) is 3.15. The number of aromatic nitrogens is 3. The number of carbonyl (C=O) groups excluding carboxylic acids is 2. The molecule has 0 saturated carbocycles. The zero-order valence-corrected chi connectivity index (χ0v) is 16.4. The lowest BCUT2D eigenvalue weighted by Gasteiger charge is -2.12. The molecule has 0 aromatic carbocycles. The minimum atomic E-state index is -0.229. The number of amides is 1. The van der Waals surface area contributed by atoms with Crippen molar-refractivity contribution in [3.63, 3.8) is 0 Å². The van der Waals surface area contributed by atoms with Crippen LogP contribution in [-0.4, -0.2) is 26.2 Å². The second kappa shape index (κ2) is 7.72. The number of pyridine rings is 3. The van der Waals surface area contributed by atoms with Crippen molar-refractivity contribution in [3.8, 4) is 11.1 Å². The van der Waals surface area contributed by atoms with Gasteiger partial charge in [-0.1, -0.05) is 6.92 Å². The summed E-state index contributed by atoms with van der Waals surface area (Å²) < 4.78 is 1.52. The first kappa shape index (κ1) is 19.4. The molecule has 7 heteroatoms. The van der Waals surface area contributed by atoms with Crippen LogP contribution in [0.4, 0.5) is 5.82 Å². The Morgan fingerprint density at radius 3 is 2.50 bits per heavy atom. The van der Waals surface area contributed by atoms with Gasteiger partial charge in [0.05, 0.1) is 5.52 Å². The molecule has 0 fully saturated rings. The highest BCUT2D eigenvalue weighted by atomic mass is 16.1. The number of nitrogens with one attached hydrogen (secondary N) is 1. The largest absolute Gasteiger partial charge is 0.311 e. The average molecular weight is 378 g/mol. The lowest BCUT2D eigenvalue weighted by molar-refractivity contribution is -0.114. The van der Waals surface area contributed by atoms with Crippen LogP contribution < -0.4 is 10.9 Å². The van der Waals surface area contributed by atoms with E-state index in [-0.39, 0.29) is 17.2 Å². The smallest absolute Gasteiger partial charge is 0.258 e. The SMILES string of the molecule is CCCC(=O)c1cc(C)c(-c2cc3cnc(NC(C)=O)cc3n(C)c2=O)cn1. The number of ketones is 1. The molecule has 0 aliphatic heterocycles. The summed E-state index contributed by atoms with van der Waals surface area (Å²) in [5.74, 6) is 0.158. The van der Waals surface area contributed by atoms with Crippen molar-refractivity contribution in [2.45, 2.75) is 33.6 Å². The normalized spacial score (nSPS) is 10.9. The van der Waals surface area contributed by atoms with Crippen LogP contribution in [0.15, 0.2) is 35.4 Å². The molecule has 0 radical (unpaired) electrons. The topological polar surface area (TPSA) is 94.0 Å². The molecule has 0 saturated heterocycles. The van der Waals surface area contributed by atoms with Gasteiger partial charge in [-0.25, -0.2) is 4.98 Å². The highest BCUT2D eigenvalue weighted by molar-refractivity contribution is 5.95. The molecule has 0 atom stereocenters. The Bertz CT molecular complexity index is 1150. The number of rotatable bonds is 5. The number of Topliss-reactive ketones (excluding diaryl/α,β-unsaturated/α-hetero) is 1. The first-order chi connectivity index (χ1) is 13.3. The Morgan fingerprint density at radius 1 is 1.11 bits per heavy atom. The van der Waals surface area contributed by atoms with Gasteiger partial charge in [0.2, 0.25) is 5.91 Å². The Balaban J connectivity index is 2.11. The number of hydrogen-bond donors (Lipinski definition) is 1. The van der Waals surface area contributed by atoms with Crippen molar-refractivity contribution in [1.82, 2.24) is 14.5 Å². The van der Waals surface area contributed by atoms with Gasteiger partial charge < -0.3 is 9.88 Å². The summed E-state index contributed by atoms with van der Waals surface area (Å²) in [6.45, 7) is 5.21. The van der Waals surface area contributed by atoms with Gasteiger partial charge in [0.25, 0.3) is 5.56 Å². The number of nitrogens with zero attached hydrogens (tertiary/aromatic N) is 3. The summed E-state index contributed by atoms with van der Waals surface area (Å²) in [7, 11) is 1.67. The van der Waals surface area contributed by atoms with Gasteiger partial charge in [-0.05, 0) is 31.0 Å². The average Bonchev–Trinajstić information content (AvgIpc) is 2.65. The fourth-order valence-electron chi connectivity index (χ4n) is 3.15. The van der Waals surface area contributed by atoms with E-state index in [1.54, 1.807) is 37.6 Å². The summed E-state index contributed by atoms with van der Waals surface area (Å²) in [6, 6.07) is 5.16. The molecule has 0 unspecified atom stereocenters. The van der Waals surface area contributed by atoms with Crippen LogP contribution in [0.25, 0.3) is 22.0 Å². The van der Waals surface area contributed by atoms with Crippen molar-refractivity contribution in [2.24, 2.45) is 7.05 Å². The van der Waals surface area contributed by atoms with Crippen molar-refractivity contribution < 1.29 is 9.59 Å². The van der Waals surface area contributed by atoms with E-state index in [4.69, 9.17) is 0 Å². The van der Waals surface area contributed by atoms with E-state index in [1.807, 2.05) is 13.8 Å². The predicted molar refractivity (Wildman–Crippen MR) is 108 cm³/mol. The van der Waals surface area contributed by atoms with Gasteiger partial charge in [0.15, 0.2) is 5.78 Å². The van der Waals surface area contributed by atoms with Crippen LogP contribution in [0.3, 0.4) is 0 Å². The third-order valence-corrected chi connectivity index (χ3v) is 4.58. The molecule has 3 heterocycles. The lowest BCUT2D eigenvalue weighted by atomic mass is 10.0. The van der Waals surface area contributed by atoms with Gasteiger partial charge in [0.1, 0.15) is 11.5 Å². The summed E-state index contributed by atoms with van der Waals surface area (Å²) in [6.07, 6.45) is 4.41. The monoisotopic (exact) mass is 378 g/mol. The standard InChI is InChI=1S/C21H22N4O3/c1-5-6-19(27)17-7-12(2)16(11-22-17)15-8-14-10-23-20(24-13(3)26)9-18(14)25(4)21(15)28/h7-11H,5-6H2,1-4H3,(H,23,24,26). The quantitative estimate of drug-likeness (QED) is 0.688. The van der Waals surface area contributed by atoms with Gasteiger partial charge in [-0.15, -0.1) is 0 Å². The molecule has 3 rings (SSSR count). The first-order valence-electron chi connectivity index (χ1n) is 9.09. The molecule has 1 N–H and O–H groups in total. The minimum absolute atomic E-state index is 0.00161. The van der Waals surface area contributed by atoms with Crippen LogP contribution in [0.2, 0.25) is 0 Å². The Hall–Kier alpha value is -3.35. The molecule has 0 bridgehead atoms. The molecule has 144 valence electrons. The van der Waals surface area contributed by atoms with Gasteiger partial charge in [0, 0.05) is 55.4 Å². The zero-order chi connectivity index (χ0) is 20.4. The maximum absolute atomic E-state index is 13.0. The van der Waals surface area contributed by atoms with Crippen LogP contribution in [0, 0.1) is 6.92 Å². The van der Waals surface area contributed by atoms with Crippen molar-refractivity contribution in [1.29, 1.82) is 0 Å². The maximum Gasteiger partial charge on any atom is 0.258 e. The summed E-state index contributed by atoms with van der Waals surface area (Å²) in [5, 5.41) is 3.38. The van der Waals surface area contributed by atoms with Gasteiger partial charge in [-0.2, -0.15) is 0 Å². The number of aryl methyl sites for hydroxylation is 2. The second-order valence-electron chi connectivity index (χ2n) is 6.79. The van der Waals surface area contributed by atoms with E-state index in [2.05, 4.69) is 15.3 Å². The molecule has 0 spiro atoms. The van der Waals surface area contributed by atoms with Crippen LogP contribution in [0.5, 0.6) is 0 Å². The predicted octanol–water partition coefficient (Wildman–Crippen LogP) is 3.25. The van der Waals surface area contributed by atoms with E-state index in [0.717, 1.165) is 17.4 Å². The molecule has 28 heavy (non-hydrogen) atoms. The molecule has 0 aliphatic carbocycles. The summed E-state index contributed by atoms with van der Waals surface area (Å²) in [4.78, 5) is 44.8. The third-order valence-electron chi connectivity index (χ3n) is 4.58. The van der Waals surface area contributed by atoms with Gasteiger partial charge in [-0.3, -0.25) is 19.4 Å². The van der Waals surface area contributed by atoms with Crippen LogP contribution in [0.1, 0.15) is 42.7 Å². The van der Waals surface area contributed by atoms with E-state index in [1.165, 1.54) is 11.5 Å². The van der Waals surface area contributed by atoms with Crippen molar-refractivity contribution >= 4 is 28.4 Å². The lowest BCUT2D eigenvalue weighted by Crippen LogP contribution is -2.20. The number of hydrogen-bond acceptors (Lipinski definition) is 5. The number of carbonyl (C=O) groups is 2. The number of anilines is 1. The molecular formula is C21H22N4O3. The number of fused-ring (bicyclic) bond motifs is 1. The van der Waals surface area contributed by atoms with E-state index in [9.17, 15) is 14.4 Å².